The van der Waals surface area contributed by atoms with E-state index in [1.165, 1.54) is 0 Å². The molecule has 1 aromatic heterocycles. The lowest BCUT2D eigenvalue weighted by molar-refractivity contribution is -0.145. The summed E-state index contributed by atoms with van der Waals surface area (Å²) in [6.45, 7) is 4.25. The van der Waals surface area contributed by atoms with Crippen LogP contribution in [0.25, 0.3) is 5.69 Å². The van der Waals surface area contributed by atoms with E-state index in [0.29, 0.717) is 19.6 Å². The molecule has 1 aliphatic rings. The molecule has 1 atom stereocenters. The predicted octanol–water partition coefficient (Wildman–Crippen LogP) is 0.685. The Morgan fingerprint density at radius 3 is 2.52 bits per heavy atom. The zero-order valence-electron chi connectivity index (χ0n) is 14.8. The van der Waals surface area contributed by atoms with Crippen molar-refractivity contribution in [3.63, 3.8) is 0 Å². The molecule has 0 radical (unpaired) electrons. The van der Waals surface area contributed by atoms with E-state index in [2.05, 4.69) is 4.90 Å². The minimum Gasteiger partial charge on any atom is -0.480 e. The normalized spacial score (nSPS) is 19.2. The van der Waals surface area contributed by atoms with Gasteiger partial charge in [0.25, 0.3) is 5.56 Å². The maximum absolute atomic E-state index is 13.0. The van der Waals surface area contributed by atoms with Gasteiger partial charge in [-0.15, -0.1) is 0 Å². The maximum atomic E-state index is 13.0. The van der Waals surface area contributed by atoms with Crippen LogP contribution in [0.3, 0.4) is 0 Å². The minimum atomic E-state index is -0.821. The van der Waals surface area contributed by atoms with Crippen molar-refractivity contribution < 1.29 is 9.90 Å². The molecule has 1 N–H and O–H groups in total. The first-order valence-electron chi connectivity index (χ1n) is 8.38. The van der Waals surface area contributed by atoms with Gasteiger partial charge in [-0.3, -0.25) is 24.1 Å². The number of nitrogens with zero attached hydrogens (tertiary/aromatic N) is 4. The van der Waals surface area contributed by atoms with Crippen molar-refractivity contribution in [2.75, 3.05) is 26.7 Å². The summed E-state index contributed by atoms with van der Waals surface area (Å²) in [5, 5.41) is 9.36. The summed E-state index contributed by atoms with van der Waals surface area (Å²) in [5.41, 5.74) is 2.41. The zero-order valence-corrected chi connectivity index (χ0v) is 14.8. The van der Waals surface area contributed by atoms with Gasteiger partial charge < -0.3 is 5.11 Å². The molecular weight excluding hydrogens is 320 g/mol. The molecule has 0 saturated carbocycles. The third-order valence-electron chi connectivity index (χ3n) is 5.07. The second-order valence-corrected chi connectivity index (χ2v) is 6.61. The first-order valence-corrected chi connectivity index (χ1v) is 8.38. The molecule has 0 amide bonds. The number of rotatable bonds is 4. The molecule has 0 aliphatic carbocycles. The number of benzene rings is 1. The van der Waals surface area contributed by atoms with Gasteiger partial charge in [0.1, 0.15) is 6.04 Å². The van der Waals surface area contributed by atoms with Gasteiger partial charge >= 0.3 is 5.97 Å². The topological polar surface area (TPSA) is 70.7 Å². The number of carboxylic acid groups (broad SMARTS) is 1. The molecule has 1 aliphatic heterocycles. The van der Waals surface area contributed by atoms with Crippen LogP contribution in [-0.4, -0.2) is 63.0 Å². The van der Waals surface area contributed by atoms with Gasteiger partial charge in [0.05, 0.1) is 11.3 Å². The van der Waals surface area contributed by atoms with E-state index in [-0.39, 0.29) is 5.56 Å². The number of likely N-dealkylation sites (N-methyl/N-ethyl adjacent to an activating group) is 1. The molecule has 7 heteroatoms. The monoisotopic (exact) mass is 344 g/mol. The molecule has 1 fully saturated rings. The fourth-order valence-electron chi connectivity index (χ4n) is 3.37. The summed E-state index contributed by atoms with van der Waals surface area (Å²) in [4.78, 5) is 28.3. The second kappa shape index (κ2) is 6.85. The number of carboxylic acids is 1. The van der Waals surface area contributed by atoms with Crippen molar-refractivity contribution in [1.29, 1.82) is 0 Å². The molecule has 2 heterocycles. The minimum absolute atomic E-state index is 0.0444. The van der Waals surface area contributed by atoms with Crippen LogP contribution in [0.5, 0.6) is 0 Å². The Labute approximate surface area is 146 Å². The standard InChI is InChI=1S/C18H24N4O3/c1-13-15(11-21-10-9-19(2)16(12-21)18(24)25)17(23)22(20(13)3)14-7-5-4-6-8-14/h4-8,16H,9-12H2,1-3H3,(H,24,25). The summed E-state index contributed by atoms with van der Waals surface area (Å²) in [5.74, 6) is -0.821. The summed E-state index contributed by atoms with van der Waals surface area (Å²) in [7, 11) is 3.70. The van der Waals surface area contributed by atoms with Gasteiger partial charge in [-0.1, -0.05) is 18.2 Å². The molecule has 1 saturated heterocycles. The van der Waals surface area contributed by atoms with Crippen LogP contribution in [-0.2, 0) is 18.4 Å². The van der Waals surface area contributed by atoms with Crippen molar-refractivity contribution in [3.8, 4) is 5.69 Å². The van der Waals surface area contributed by atoms with Crippen LogP contribution in [0.2, 0.25) is 0 Å². The van der Waals surface area contributed by atoms with Crippen molar-refractivity contribution >= 4 is 5.97 Å². The van der Waals surface area contributed by atoms with Gasteiger partial charge in [0.2, 0.25) is 0 Å². The largest absolute Gasteiger partial charge is 0.480 e. The molecule has 25 heavy (non-hydrogen) atoms. The highest BCUT2D eigenvalue weighted by Crippen LogP contribution is 2.15. The number of piperazine rings is 1. The molecular formula is C18H24N4O3. The van der Waals surface area contributed by atoms with E-state index in [9.17, 15) is 14.7 Å². The molecule has 1 aromatic carbocycles. The Morgan fingerprint density at radius 1 is 1.20 bits per heavy atom. The average Bonchev–Trinajstić information content (AvgIpc) is 2.80. The van der Waals surface area contributed by atoms with Gasteiger partial charge in [-0.25, -0.2) is 4.68 Å². The first-order chi connectivity index (χ1) is 11.9. The number of aromatic nitrogens is 2. The maximum Gasteiger partial charge on any atom is 0.322 e. The van der Waals surface area contributed by atoms with E-state index >= 15 is 0 Å². The number of carbonyl (C=O) groups is 1. The molecule has 0 spiro atoms. The van der Waals surface area contributed by atoms with Crippen molar-refractivity contribution in [2.24, 2.45) is 7.05 Å². The lowest BCUT2D eigenvalue weighted by atomic mass is 10.1. The van der Waals surface area contributed by atoms with E-state index in [1.54, 1.807) is 4.68 Å². The molecule has 0 bridgehead atoms. The SMILES string of the molecule is Cc1c(CN2CCN(C)C(C(=O)O)C2)c(=O)n(-c2ccccc2)n1C. The fraction of sp³-hybridized carbons (Fsp3) is 0.444. The number of hydrogen-bond acceptors (Lipinski definition) is 4. The predicted molar refractivity (Wildman–Crippen MR) is 95.1 cm³/mol. The summed E-state index contributed by atoms with van der Waals surface area (Å²) >= 11 is 0. The summed E-state index contributed by atoms with van der Waals surface area (Å²) in [6, 6.07) is 9.00. The van der Waals surface area contributed by atoms with Crippen molar-refractivity contribution in [3.05, 3.63) is 51.9 Å². The molecule has 2 aromatic rings. The molecule has 1 unspecified atom stereocenters. The van der Waals surface area contributed by atoms with Crippen molar-refractivity contribution in [2.45, 2.75) is 19.5 Å². The van der Waals surface area contributed by atoms with E-state index in [0.717, 1.165) is 23.5 Å². The lowest BCUT2D eigenvalue weighted by Crippen LogP contribution is -2.54. The fourth-order valence-corrected chi connectivity index (χ4v) is 3.37. The highest BCUT2D eigenvalue weighted by molar-refractivity contribution is 5.73. The number of hydrogen-bond donors (Lipinski definition) is 1. The van der Waals surface area contributed by atoms with Crippen LogP contribution < -0.4 is 5.56 Å². The second-order valence-electron chi connectivity index (χ2n) is 6.61. The van der Waals surface area contributed by atoms with Crippen molar-refractivity contribution in [1.82, 2.24) is 19.2 Å². The Morgan fingerprint density at radius 2 is 1.88 bits per heavy atom. The Hall–Kier alpha value is -2.38. The number of para-hydroxylation sites is 1. The van der Waals surface area contributed by atoms with Gasteiger partial charge in [0, 0.05) is 38.9 Å². The van der Waals surface area contributed by atoms with E-state index in [1.807, 2.05) is 60.9 Å². The summed E-state index contributed by atoms with van der Waals surface area (Å²) < 4.78 is 3.52. The molecule has 134 valence electrons. The average molecular weight is 344 g/mol. The Balaban J connectivity index is 1.89. The summed E-state index contributed by atoms with van der Waals surface area (Å²) in [6.07, 6.45) is 0. The Bertz CT molecular complexity index is 825. The highest BCUT2D eigenvalue weighted by Gasteiger charge is 2.30. The lowest BCUT2D eigenvalue weighted by Gasteiger charge is -2.36. The van der Waals surface area contributed by atoms with Gasteiger partial charge in [0.15, 0.2) is 0 Å². The highest BCUT2D eigenvalue weighted by atomic mass is 16.4. The van der Waals surface area contributed by atoms with Gasteiger partial charge in [-0.2, -0.15) is 0 Å². The van der Waals surface area contributed by atoms with Crippen LogP contribution in [0.4, 0.5) is 0 Å². The quantitative estimate of drug-likeness (QED) is 0.883. The first kappa shape index (κ1) is 17.4. The molecule has 3 rings (SSSR count). The smallest absolute Gasteiger partial charge is 0.322 e. The Kier molecular flexibility index (Phi) is 4.78. The van der Waals surface area contributed by atoms with Crippen LogP contribution in [0, 0.1) is 6.92 Å². The van der Waals surface area contributed by atoms with Crippen LogP contribution >= 0.6 is 0 Å². The van der Waals surface area contributed by atoms with Crippen LogP contribution in [0.15, 0.2) is 35.1 Å². The van der Waals surface area contributed by atoms with Gasteiger partial charge in [-0.05, 0) is 26.1 Å². The number of aliphatic carboxylic acids is 1. The van der Waals surface area contributed by atoms with Crippen LogP contribution in [0.1, 0.15) is 11.3 Å². The molecule has 7 nitrogen and oxygen atoms in total. The third-order valence-corrected chi connectivity index (χ3v) is 5.07. The third kappa shape index (κ3) is 3.25. The zero-order chi connectivity index (χ0) is 18.1. The van der Waals surface area contributed by atoms with E-state index in [4.69, 9.17) is 0 Å². The van der Waals surface area contributed by atoms with E-state index < -0.39 is 12.0 Å².